The maximum absolute atomic E-state index is 13.3. The first kappa shape index (κ1) is 22.0. The van der Waals surface area contributed by atoms with Gasteiger partial charge in [0, 0.05) is 36.4 Å². The van der Waals surface area contributed by atoms with Crippen LogP contribution >= 0.6 is 11.6 Å². The topological polar surface area (TPSA) is 108 Å². The van der Waals surface area contributed by atoms with Crippen LogP contribution in [-0.2, 0) is 4.74 Å². The number of phenols is 2. The lowest BCUT2D eigenvalue weighted by Crippen LogP contribution is -2.31. The number of fused-ring (bicyclic) bond motifs is 1. The number of hydrogen-bond donors (Lipinski definition) is 3. The summed E-state index contributed by atoms with van der Waals surface area (Å²) < 4.78 is 10.4. The van der Waals surface area contributed by atoms with Gasteiger partial charge in [-0.15, -0.1) is 0 Å². The Hall–Kier alpha value is -3.23. The van der Waals surface area contributed by atoms with E-state index < -0.39 is 6.04 Å². The molecule has 0 unspecified atom stereocenters. The molecular formula is C23H24ClN3O5. The highest BCUT2D eigenvalue weighted by Crippen LogP contribution is 2.46. The van der Waals surface area contributed by atoms with Crippen molar-refractivity contribution >= 4 is 17.5 Å². The number of carbonyl (C=O) groups excluding carboxylic acids is 1. The van der Waals surface area contributed by atoms with E-state index in [-0.39, 0.29) is 17.4 Å². The summed E-state index contributed by atoms with van der Waals surface area (Å²) >= 11 is 6.32. The van der Waals surface area contributed by atoms with Crippen molar-refractivity contribution in [1.82, 2.24) is 15.1 Å². The number of aryl methyl sites for hydroxylation is 1. The molecule has 8 nitrogen and oxygen atoms in total. The molecule has 0 radical (unpaired) electrons. The number of aromatic amines is 1. The largest absolute Gasteiger partial charge is 0.507 e. The van der Waals surface area contributed by atoms with E-state index in [2.05, 4.69) is 10.2 Å². The third kappa shape index (κ3) is 3.65. The molecule has 1 aromatic heterocycles. The number of amides is 1. The Morgan fingerprint density at radius 3 is 2.69 bits per heavy atom. The Bertz CT molecular complexity index is 1180. The molecule has 4 rings (SSSR count). The Morgan fingerprint density at radius 2 is 1.97 bits per heavy atom. The van der Waals surface area contributed by atoms with Gasteiger partial charge in [0.15, 0.2) is 11.5 Å². The van der Waals surface area contributed by atoms with Gasteiger partial charge in [-0.1, -0.05) is 17.7 Å². The van der Waals surface area contributed by atoms with Crippen LogP contribution in [0.3, 0.4) is 0 Å². The molecular weight excluding hydrogens is 434 g/mol. The first-order valence-corrected chi connectivity index (χ1v) is 10.5. The van der Waals surface area contributed by atoms with Crippen molar-refractivity contribution < 1.29 is 24.5 Å². The monoisotopic (exact) mass is 457 g/mol. The van der Waals surface area contributed by atoms with Gasteiger partial charge in [-0.05, 0) is 48.7 Å². The molecule has 0 aliphatic carbocycles. The SMILES string of the molecule is COCCCN1C(=O)c2[nH]nc(-c3cc(Cl)c(C)cc3O)c2[C@H]1c1ccc(O)c(OC)c1. The first-order chi connectivity index (χ1) is 15.4. The normalized spacial score (nSPS) is 15.3. The number of nitrogens with zero attached hydrogens (tertiary/aromatic N) is 2. The van der Waals surface area contributed by atoms with Crippen molar-refractivity contribution in [3.05, 3.63) is 57.7 Å². The molecule has 32 heavy (non-hydrogen) atoms. The van der Waals surface area contributed by atoms with Crippen LogP contribution in [0.4, 0.5) is 0 Å². The molecule has 1 aliphatic heterocycles. The minimum absolute atomic E-state index is 0.00195. The second-order valence-corrected chi connectivity index (χ2v) is 8.07. The lowest BCUT2D eigenvalue weighted by Gasteiger charge is -2.27. The number of phenolic OH excluding ortho intramolecular Hbond substituents is 2. The number of benzene rings is 2. The van der Waals surface area contributed by atoms with Gasteiger partial charge in [-0.25, -0.2) is 0 Å². The van der Waals surface area contributed by atoms with Crippen molar-refractivity contribution in [2.45, 2.75) is 19.4 Å². The Kier molecular flexibility index (Phi) is 5.99. The predicted molar refractivity (Wildman–Crippen MR) is 119 cm³/mol. The highest BCUT2D eigenvalue weighted by Gasteiger charge is 2.42. The molecule has 0 spiro atoms. The van der Waals surface area contributed by atoms with Gasteiger partial charge in [0.05, 0.1) is 13.2 Å². The number of H-pyrrole nitrogens is 1. The number of nitrogens with one attached hydrogen (secondary N) is 1. The van der Waals surface area contributed by atoms with Crippen molar-refractivity contribution in [3.63, 3.8) is 0 Å². The second-order valence-electron chi connectivity index (χ2n) is 7.66. The number of hydrogen-bond acceptors (Lipinski definition) is 6. The quantitative estimate of drug-likeness (QED) is 0.462. The maximum atomic E-state index is 13.3. The van der Waals surface area contributed by atoms with E-state index in [4.69, 9.17) is 21.1 Å². The molecule has 2 heterocycles. The fourth-order valence-corrected chi connectivity index (χ4v) is 4.24. The van der Waals surface area contributed by atoms with Gasteiger partial charge in [-0.3, -0.25) is 9.89 Å². The van der Waals surface area contributed by atoms with E-state index in [1.54, 1.807) is 43.2 Å². The van der Waals surface area contributed by atoms with Gasteiger partial charge in [0.1, 0.15) is 17.1 Å². The molecule has 0 fully saturated rings. The lowest BCUT2D eigenvalue weighted by atomic mass is 9.95. The Labute approximate surface area is 190 Å². The van der Waals surface area contributed by atoms with E-state index >= 15 is 0 Å². The smallest absolute Gasteiger partial charge is 0.273 e. The van der Waals surface area contributed by atoms with Crippen molar-refractivity contribution in [2.75, 3.05) is 27.4 Å². The van der Waals surface area contributed by atoms with E-state index in [1.807, 2.05) is 0 Å². The lowest BCUT2D eigenvalue weighted by molar-refractivity contribution is 0.0723. The number of carbonyl (C=O) groups is 1. The standard InChI is InChI=1S/C23H24ClN3O5/c1-12-9-17(29)14(11-15(12)24)20-19-21(26-25-20)23(30)27(7-4-8-31-2)22(19)13-5-6-16(28)18(10-13)32-3/h5-6,9-11,22,28-29H,4,7-8H2,1-3H3,(H,25,26)/t22-/m1/s1. The molecule has 0 bridgehead atoms. The number of ether oxygens (including phenoxy) is 2. The molecule has 168 valence electrons. The van der Waals surface area contributed by atoms with Crippen LogP contribution in [-0.4, -0.2) is 58.6 Å². The summed E-state index contributed by atoms with van der Waals surface area (Å²) in [6.45, 7) is 2.75. The zero-order valence-electron chi connectivity index (χ0n) is 18.0. The minimum Gasteiger partial charge on any atom is -0.507 e. The maximum Gasteiger partial charge on any atom is 0.273 e. The van der Waals surface area contributed by atoms with Crippen LogP contribution in [0.5, 0.6) is 17.2 Å². The molecule has 1 aliphatic rings. The van der Waals surface area contributed by atoms with Crippen LogP contribution in [0, 0.1) is 6.92 Å². The third-order valence-corrected chi connectivity index (χ3v) is 6.07. The van der Waals surface area contributed by atoms with E-state index in [0.29, 0.717) is 52.9 Å². The summed E-state index contributed by atoms with van der Waals surface area (Å²) in [6, 6.07) is 7.69. The molecule has 3 aromatic rings. The van der Waals surface area contributed by atoms with Gasteiger partial charge in [0.25, 0.3) is 5.91 Å². The molecule has 3 N–H and O–H groups in total. The summed E-state index contributed by atoms with van der Waals surface area (Å²) in [5.41, 5.74) is 3.34. The van der Waals surface area contributed by atoms with Gasteiger partial charge >= 0.3 is 0 Å². The summed E-state index contributed by atoms with van der Waals surface area (Å²) in [5.74, 6) is 0.117. The van der Waals surface area contributed by atoms with Crippen LogP contribution in [0.2, 0.25) is 5.02 Å². The van der Waals surface area contributed by atoms with E-state index in [0.717, 1.165) is 11.1 Å². The zero-order chi connectivity index (χ0) is 23.0. The molecule has 1 atom stereocenters. The van der Waals surface area contributed by atoms with Crippen LogP contribution in [0.1, 0.15) is 39.6 Å². The second kappa shape index (κ2) is 8.72. The van der Waals surface area contributed by atoms with Crippen LogP contribution in [0.25, 0.3) is 11.3 Å². The van der Waals surface area contributed by atoms with Crippen molar-refractivity contribution in [3.8, 4) is 28.5 Å². The van der Waals surface area contributed by atoms with Gasteiger partial charge < -0.3 is 24.6 Å². The number of aromatic nitrogens is 2. The van der Waals surface area contributed by atoms with Crippen LogP contribution in [0.15, 0.2) is 30.3 Å². The van der Waals surface area contributed by atoms with Gasteiger partial charge in [0.2, 0.25) is 0 Å². The summed E-state index contributed by atoms with van der Waals surface area (Å²) in [5, 5.41) is 28.4. The molecule has 1 amide bonds. The third-order valence-electron chi connectivity index (χ3n) is 5.66. The highest BCUT2D eigenvalue weighted by molar-refractivity contribution is 6.31. The Morgan fingerprint density at radius 1 is 1.19 bits per heavy atom. The number of methoxy groups -OCH3 is 2. The van der Waals surface area contributed by atoms with Crippen molar-refractivity contribution in [1.29, 1.82) is 0 Å². The number of halogens is 1. The molecule has 2 aromatic carbocycles. The minimum atomic E-state index is -0.503. The summed E-state index contributed by atoms with van der Waals surface area (Å²) in [4.78, 5) is 15.0. The van der Waals surface area contributed by atoms with E-state index in [9.17, 15) is 15.0 Å². The van der Waals surface area contributed by atoms with Crippen molar-refractivity contribution in [2.24, 2.45) is 0 Å². The Balaban J connectivity index is 1.88. The fraction of sp³-hybridized carbons (Fsp3) is 0.304. The van der Waals surface area contributed by atoms with Crippen LogP contribution < -0.4 is 4.74 Å². The summed E-state index contributed by atoms with van der Waals surface area (Å²) in [7, 11) is 3.08. The molecule has 9 heteroatoms. The first-order valence-electron chi connectivity index (χ1n) is 10.1. The highest BCUT2D eigenvalue weighted by atomic mass is 35.5. The number of rotatable bonds is 7. The fourth-order valence-electron chi connectivity index (χ4n) is 4.08. The van der Waals surface area contributed by atoms with E-state index in [1.165, 1.54) is 13.2 Å². The zero-order valence-corrected chi connectivity index (χ0v) is 18.7. The van der Waals surface area contributed by atoms with Gasteiger partial charge in [-0.2, -0.15) is 5.10 Å². The average molecular weight is 458 g/mol. The summed E-state index contributed by atoms with van der Waals surface area (Å²) in [6.07, 6.45) is 0.641. The molecule has 0 saturated carbocycles. The average Bonchev–Trinajstić information content (AvgIpc) is 3.31. The number of aromatic hydroxyl groups is 2. The molecule has 0 saturated heterocycles. The predicted octanol–water partition coefficient (Wildman–Crippen LogP) is 4.04.